The van der Waals surface area contributed by atoms with Gasteiger partial charge >= 0.3 is 0 Å². The molecule has 0 aromatic heterocycles. The molecule has 0 aromatic rings. The van der Waals surface area contributed by atoms with Crippen LogP contribution in [-0.4, -0.2) is 0 Å². The molecule has 0 amide bonds. The van der Waals surface area contributed by atoms with Crippen molar-refractivity contribution < 1.29 is 0 Å². The summed E-state index contributed by atoms with van der Waals surface area (Å²) < 4.78 is 0. The lowest BCUT2D eigenvalue weighted by Crippen LogP contribution is -1.73. The summed E-state index contributed by atoms with van der Waals surface area (Å²) in [6, 6.07) is 0. The zero-order valence-corrected chi connectivity index (χ0v) is 11.6. The van der Waals surface area contributed by atoms with Crippen molar-refractivity contribution in [2.45, 2.75) is 39.5 Å². The normalized spacial score (nSPS) is 18.6. The van der Waals surface area contributed by atoms with Crippen LogP contribution in [0.25, 0.3) is 0 Å². The van der Waals surface area contributed by atoms with Gasteiger partial charge in [-0.1, -0.05) is 74.6 Å². The molecule has 0 unspecified atom stereocenters. The highest BCUT2D eigenvalue weighted by Gasteiger charge is 1.93. The quantitative estimate of drug-likeness (QED) is 0.582. The minimum Gasteiger partial charge on any atom is -0.0839 e. The first-order valence-corrected chi connectivity index (χ1v) is 7.03. The van der Waals surface area contributed by atoms with E-state index >= 15 is 0 Å². The van der Waals surface area contributed by atoms with E-state index in [0.29, 0.717) is 0 Å². The van der Waals surface area contributed by atoms with Crippen LogP contribution in [0, 0.1) is 0 Å². The maximum atomic E-state index is 2.32. The van der Waals surface area contributed by atoms with Crippen LogP contribution in [-0.2, 0) is 0 Å². The molecular formula is C18H24. The number of hydrogen-bond acceptors (Lipinski definition) is 0. The highest BCUT2D eigenvalue weighted by molar-refractivity contribution is 5.41. The summed E-state index contributed by atoms with van der Waals surface area (Å²) in [6.45, 7) is 4.00. The van der Waals surface area contributed by atoms with Crippen LogP contribution in [0.5, 0.6) is 0 Å². The summed E-state index contributed by atoms with van der Waals surface area (Å²) in [5, 5.41) is 0. The molecule has 0 saturated heterocycles. The molecule has 0 nitrogen and oxygen atoms in total. The van der Waals surface area contributed by atoms with Gasteiger partial charge in [-0.25, -0.2) is 0 Å². The second-order valence-corrected chi connectivity index (χ2v) is 4.10. The number of hydrogen-bond donors (Lipinski definition) is 0. The fourth-order valence-corrected chi connectivity index (χ4v) is 1.82. The van der Waals surface area contributed by atoms with E-state index in [9.17, 15) is 0 Å². The number of allylic oxidation sites excluding steroid dienone is 12. The third-order valence-corrected chi connectivity index (χ3v) is 2.74. The molecule has 0 bridgehead atoms. The number of rotatable bonds is 2. The van der Waals surface area contributed by atoms with E-state index in [1.807, 2.05) is 13.8 Å². The predicted molar refractivity (Wildman–Crippen MR) is 82.5 cm³/mol. The third kappa shape index (κ3) is 5.67. The first-order chi connectivity index (χ1) is 8.95. The Bertz CT molecular complexity index is 398. The Morgan fingerprint density at radius 3 is 2.56 bits per heavy atom. The van der Waals surface area contributed by atoms with Crippen LogP contribution in [0.15, 0.2) is 71.9 Å². The molecule has 0 heterocycles. The summed E-state index contributed by atoms with van der Waals surface area (Å²) in [5.74, 6) is 0. The summed E-state index contributed by atoms with van der Waals surface area (Å²) >= 11 is 0. The molecule has 0 saturated carbocycles. The van der Waals surface area contributed by atoms with E-state index in [0.717, 1.165) is 6.42 Å². The zero-order chi connectivity index (χ0) is 13.1. The average Bonchev–Trinajstić information content (AvgIpc) is 2.83. The van der Waals surface area contributed by atoms with Crippen LogP contribution in [0.2, 0.25) is 0 Å². The maximum Gasteiger partial charge on any atom is -0.0163 e. The van der Waals surface area contributed by atoms with Gasteiger partial charge in [0, 0.05) is 0 Å². The van der Waals surface area contributed by atoms with Crippen LogP contribution in [0.3, 0.4) is 0 Å². The maximum absolute atomic E-state index is 2.32. The minimum atomic E-state index is 1.04. The fraction of sp³-hybridized carbons (Fsp3) is 0.333. The van der Waals surface area contributed by atoms with Gasteiger partial charge in [-0.3, -0.25) is 0 Å². The van der Waals surface area contributed by atoms with Gasteiger partial charge in [-0.05, 0) is 36.8 Å². The van der Waals surface area contributed by atoms with Crippen LogP contribution in [0.1, 0.15) is 39.5 Å². The van der Waals surface area contributed by atoms with Gasteiger partial charge in [0.05, 0.1) is 0 Å². The Balaban J connectivity index is 0.000000771. The lowest BCUT2D eigenvalue weighted by Gasteiger charge is -1.93. The average molecular weight is 240 g/mol. The molecule has 2 aliphatic carbocycles. The van der Waals surface area contributed by atoms with Crippen molar-refractivity contribution >= 4 is 0 Å². The van der Waals surface area contributed by atoms with Crippen LogP contribution >= 0.6 is 0 Å². The Morgan fingerprint density at radius 1 is 0.889 bits per heavy atom. The minimum absolute atomic E-state index is 1.04. The summed E-state index contributed by atoms with van der Waals surface area (Å²) in [7, 11) is 0. The van der Waals surface area contributed by atoms with E-state index in [4.69, 9.17) is 0 Å². The monoisotopic (exact) mass is 240 g/mol. The van der Waals surface area contributed by atoms with Crippen molar-refractivity contribution in [1.82, 2.24) is 0 Å². The predicted octanol–water partition coefficient (Wildman–Crippen LogP) is 5.68. The van der Waals surface area contributed by atoms with Gasteiger partial charge in [-0.2, -0.15) is 0 Å². The molecule has 0 fully saturated rings. The molecule has 0 spiro atoms. The summed E-state index contributed by atoms with van der Waals surface area (Å²) in [6.07, 6.45) is 26.7. The molecule has 0 N–H and O–H groups in total. The Hall–Kier alpha value is -1.56. The van der Waals surface area contributed by atoms with Crippen LogP contribution in [0.4, 0.5) is 0 Å². The van der Waals surface area contributed by atoms with E-state index in [2.05, 4.69) is 60.8 Å². The van der Waals surface area contributed by atoms with Gasteiger partial charge < -0.3 is 0 Å². The van der Waals surface area contributed by atoms with Crippen molar-refractivity contribution in [2.24, 2.45) is 0 Å². The lowest BCUT2D eigenvalue weighted by atomic mass is 10.1. The van der Waals surface area contributed by atoms with E-state index < -0.39 is 0 Å². The van der Waals surface area contributed by atoms with Gasteiger partial charge in [0.25, 0.3) is 0 Å². The smallest absolute Gasteiger partial charge is 0.0163 e. The highest BCUT2D eigenvalue weighted by atomic mass is 14.0. The van der Waals surface area contributed by atoms with Gasteiger partial charge in [0.15, 0.2) is 0 Å². The second kappa shape index (κ2) is 9.47. The Morgan fingerprint density at radius 2 is 1.67 bits per heavy atom. The van der Waals surface area contributed by atoms with Crippen molar-refractivity contribution in [3.8, 4) is 0 Å². The molecule has 96 valence electrons. The van der Waals surface area contributed by atoms with Gasteiger partial charge in [0.2, 0.25) is 0 Å². The topological polar surface area (TPSA) is 0 Å². The molecule has 0 aliphatic heterocycles. The Kier molecular flexibility index (Phi) is 7.63. The van der Waals surface area contributed by atoms with Crippen molar-refractivity contribution in [3.63, 3.8) is 0 Å². The molecule has 0 radical (unpaired) electrons. The third-order valence-electron chi connectivity index (χ3n) is 2.74. The molecule has 2 aliphatic rings. The summed E-state index contributed by atoms with van der Waals surface area (Å²) in [4.78, 5) is 0. The molecule has 0 atom stereocenters. The largest absolute Gasteiger partial charge is 0.0839 e. The lowest BCUT2D eigenvalue weighted by molar-refractivity contribution is 0.875. The van der Waals surface area contributed by atoms with E-state index in [1.54, 1.807) is 0 Å². The van der Waals surface area contributed by atoms with E-state index in [1.165, 1.54) is 30.4 Å². The molecule has 18 heavy (non-hydrogen) atoms. The van der Waals surface area contributed by atoms with Crippen LogP contribution < -0.4 is 0 Å². The first-order valence-electron chi connectivity index (χ1n) is 7.03. The first kappa shape index (κ1) is 14.5. The van der Waals surface area contributed by atoms with E-state index in [-0.39, 0.29) is 0 Å². The highest BCUT2D eigenvalue weighted by Crippen LogP contribution is 2.13. The van der Waals surface area contributed by atoms with Crippen molar-refractivity contribution in [1.29, 1.82) is 0 Å². The Labute approximate surface area is 112 Å². The SMILES string of the molecule is C1=CCC=CC(/C=C/C2=CCCCC=C2)=C1.CC. The summed E-state index contributed by atoms with van der Waals surface area (Å²) in [5.41, 5.74) is 2.60. The molecule has 2 rings (SSSR count). The zero-order valence-electron chi connectivity index (χ0n) is 11.6. The fourth-order valence-electron chi connectivity index (χ4n) is 1.82. The van der Waals surface area contributed by atoms with Crippen molar-refractivity contribution in [2.75, 3.05) is 0 Å². The molecule has 0 aromatic carbocycles. The molecular weight excluding hydrogens is 216 g/mol. The second-order valence-electron chi connectivity index (χ2n) is 4.10. The van der Waals surface area contributed by atoms with Crippen molar-refractivity contribution in [3.05, 3.63) is 71.9 Å². The van der Waals surface area contributed by atoms with Gasteiger partial charge in [-0.15, -0.1) is 0 Å². The standard InChI is InChI=1S/C16H18.C2H6/c1-2-6-10-15(9-5-1)13-14-16-11-7-3-4-8-12-16;1-2/h1,5-7,9-14H,2-4,8H2;1-2H3/b14-13+;. The molecule has 0 heteroatoms. The van der Waals surface area contributed by atoms with Gasteiger partial charge in [0.1, 0.15) is 0 Å².